The maximum Gasteiger partial charge on any atom is 0.160 e. The van der Waals surface area contributed by atoms with Crippen LogP contribution in [0.3, 0.4) is 0 Å². The van der Waals surface area contributed by atoms with Crippen LogP contribution in [0.25, 0.3) is 88.5 Å². The first-order valence-electron chi connectivity index (χ1n) is 21.0. The Kier molecular flexibility index (Phi) is 8.11. The minimum absolute atomic E-state index is 0.524. The summed E-state index contributed by atoms with van der Waals surface area (Å²) in [6.45, 7) is 0. The Bertz CT molecular complexity index is 3410. The lowest BCUT2D eigenvalue weighted by Gasteiger charge is -2.33. The Hall–Kier alpha value is -7.94. The number of rotatable bonds is 6. The van der Waals surface area contributed by atoms with E-state index in [1.807, 2.05) is 0 Å². The zero-order valence-electron chi connectivity index (χ0n) is 33.3. The van der Waals surface area contributed by atoms with E-state index in [9.17, 15) is 0 Å². The minimum Gasteiger partial charge on any atom is -0.228 e. The maximum atomic E-state index is 5.54. The van der Waals surface area contributed by atoms with Crippen LogP contribution in [0, 0.1) is 0 Å². The van der Waals surface area contributed by atoms with Gasteiger partial charge in [0.15, 0.2) is 5.82 Å². The predicted octanol–water partition coefficient (Wildman–Crippen LogP) is 15.0. The van der Waals surface area contributed by atoms with Gasteiger partial charge in [0.05, 0.1) is 16.8 Å². The molecule has 0 spiro atoms. The Balaban J connectivity index is 1.16. The molecule has 0 atom stereocenters. The van der Waals surface area contributed by atoms with Crippen molar-refractivity contribution in [3.8, 4) is 56.2 Å². The normalized spacial score (nSPS) is 12.7. The first-order valence-corrected chi connectivity index (χ1v) is 21.0. The van der Waals surface area contributed by atoms with Crippen LogP contribution < -0.4 is 0 Å². The standard InChI is InChI=1S/C59H38N2/c1-4-17-39(18-5-1)40-31-33-42(34-32-40)58-60-54(38-55(61-58)57-47-26-13-11-20-43(47)37-51-46-25-12-10-19-41(46)35-36-48(51)57)50-28-16-30-53-56(50)49-27-14-15-29-52(49)59(53,44-21-6-2-7-22-44)45-23-8-3-9-24-45/h1-38H. The summed E-state index contributed by atoms with van der Waals surface area (Å²) in [5.41, 5.74) is 14.2. The van der Waals surface area contributed by atoms with E-state index in [2.05, 4.69) is 231 Å². The Morgan fingerprint density at radius 2 is 0.852 bits per heavy atom. The van der Waals surface area contributed by atoms with Crippen molar-refractivity contribution in [1.29, 1.82) is 0 Å². The quantitative estimate of drug-likeness (QED) is 0.124. The molecule has 0 saturated heterocycles. The van der Waals surface area contributed by atoms with Crippen LogP contribution in [0.1, 0.15) is 22.3 Å². The summed E-state index contributed by atoms with van der Waals surface area (Å²) in [6, 6.07) is 83.5. The highest BCUT2D eigenvalue weighted by molar-refractivity contribution is 6.20. The van der Waals surface area contributed by atoms with Crippen LogP contribution >= 0.6 is 0 Å². The van der Waals surface area contributed by atoms with Crippen molar-refractivity contribution >= 4 is 32.3 Å². The summed E-state index contributed by atoms with van der Waals surface area (Å²) < 4.78 is 0. The lowest BCUT2D eigenvalue weighted by molar-refractivity contribution is 0.768. The highest BCUT2D eigenvalue weighted by Gasteiger charge is 2.46. The van der Waals surface area contributed by atoms with Gasteiger partial charge in [-0.1, -0.05) is 218 Å². The summed E-state index contributed by atoms with van der Waals surface area (Å²) in [5.74, 6) is 0.690. The van der Waals surface area contributed by atoms with Crippen molar-refractivity contribution in [3.05, 3.63) is 253 Å². The highest BCUT2D eigenvalue weighted by Crippen LogP contribution is 2.58. The molecule has 0 bridgehead atoms. The molecule has 1 aliphatic carbocycles. The van der Waals surface area contributed by atoms with E-state index in [1.165, 1.54) is 65.9 Å². The van der Waals surface area contributed by atoms with Crippen molar-refractivity contribution in [1.82, 2.24) is 9.97 Å². The van der Waals surface area contributed by atoms with Gasteiger partial charge in [-0.3, -0.25) is 0 Å². The van der Waals surface area contributed by atoms with Crippen molar-refractivity contribution in [2.75, 3.05) is 0 Å². The third-order valence-electron chi connectivity index (χ3n) is 12.8. The second kappa shape index (κ2) is 14.1. The van der Waals surface area contributed by atoms with Crippen LogP contribution in [-0.2, 0) is 5.41 Å². The lowest BCUT2D eigenvalue weighted by atomic mass is 9.67. The van der Waals surface area contributed by atoms with E-state index in [-0.39, 0.29) is 0 Å². The molecule has 61 heavy (non-hydrogen) atoms. The molecule has 0 unspecified atom stereocenters. The molecule has 0 saturated carbocycles. The van der Waals surface area contributed by atoms with Gasteiger partial charge in [0.25, 0.3) is 0 Å². The van der Waals surface area contributed by atoms with Crippen molar-refractivity contribution in [3.63, 3.8) is 0 Å². The Labute approximate surface area is 355 Å². The summed E-state index contributed by atoms with van der Waals surface area (Å²) >= 11 is 0. The zero-order valence-corrected chi connectivity index (χ0v) is 33.3. The van der Waals surface area contributed by atoms with Gasteiger partial charge in [0.2, 0.25) is 0 Å². The third-order valence-corrected chi connectivity index (χ3v) is 12.8. The molecular formula is C59H38N2. The van der Waals surface area contributed by atoms with Crippen molar-refractivity contribution in [2.24, 2.45) is 0 Å². The molecule has 0 aliphatic heterocycles. The maximum absolute atomic E-state index is 5.54. The number of aromatic nitrogens is 2. The molecule has 12 rings (SSSR count). The lowest BCUT2D eigenvalue weighted by Crippen LogP contribution is -2.28. The van der Waals surface area contributed by atoms with Crippen LogP contribution in [0.15, 0.2) is 231 Å². The summed E-state index contributed by atoms with van der Waals surface area (Å²) in [7, 11) is 0. The molecule has 0 amide bonds. The second-order valence-corrected chi connectivity index (χ2v) is 16.0. The zero-order chi connectivity index (χ0) is 40.3. The molecule has 1 aliphatic rings. The van der Waals surface area contributed by atoms with Gasteiger partial charge in [-0.25, -0.2) is 9.97 Å². The molecular weight excluding hydrogens is 737 g/mol. The largest absolute Gasteiger partial charge is 0.228 e. The molecule has 2 heteroatoms. The first-order chi connectivity index (χ1) is 30.3. The summed E-state index contributed by atoms with van der Waals surface area (Å²) in [4.78, 5) is 11.1. The molecule has 0 fully saturated rings. The summed E-state index contributed by atoms with van der Waals surface area (Å²) in [5, 5.41) is 7.18. The van der Waals surface area contributed by atoms with E-state index in [4.69, 9.17) is 9.97 Å². The topological polar surface area (TPSA) is 25.8 Å². The van der Waals surface area contributed by atoms with E-state index >= 15 is 0 Å². The van der Waals surface area contributed by atoms with Gasteiger partial charge in [0.1, 0.15) is 0 Å². The highest BCUT2D eigenvalue weighted by atomic mass is 14.9. The van der Waals surface area contributed by atoms with Crippen LogP contribution in [-0.4, -0.2) is 9.97 Å². The SMILES string of the molecule is c1ccc(-c2ccc(-c3nc(-c4cccc5c4-c4ccccc4C5(c4ccccc4)c4ccccc4)cc(-c4c5ccccc5cc5c4ccc4ccccc45)n3)cc2)cc1. The van der Waals surface area contributed by atoms with E-state index in [0.29, 0.717) is 5.82 Å². The number of benzene rings is 10. The van der Waals surface area contributed by atoms with Gasteiger partial charge in [-0.15, -0.1) is 0 Å². The Morgan fingerprint density at radius 3 is 1.61 bits per heavy atom. The average Bonchev–Trinajstić information content (AvgIpc) is 3.65. The molecule has 0 N–H and O–H groups in total. The monoisotopic (exact) mass is 774 g/mol. The molecule has 10 aromatic carbocycles. The van der Waals surface area contributed by atoms with Gasteiger partial charge in [0, 0.05) is 16.7 Å². The van der Waals surface area contributed by atoms with Gasteiger partial charge in [-0.05, 0) is 89.0 Å². The molecule has 11 aromatic rings. The van der Waals surface area contributed by atoms with Crippen LogP contribution in [0.4, 0.5) is 0 Å². The number of nitrogens with zero attached hydrogens (tertiary/aromatic N) is 2. The van der Waals surface area contributed by atoms with E-state index in [0.717, 1.165) is 39.0 Å². The Morgan fingerprint density at radius 1 is 0.295 bits per heavy atom. The van der Waals surface area contributed by atoms with Crippen LogP contribution in [0.5, 0.6) is 0 Å². The van der Waals surface area contributed by atoms with Gasteiger partial charge >= 0.3 is 0 Å². The van der Waals surface area contributed by atoms with Crippen LogP contribution in [0.2, 0.25) is 0 Å². The second-order valence-electron chi connectivity index (χ2n) is 16.0. The summed E-state index contributed by atoms with van der Waals surface area (Å²) in [6.07, 6.45) is 0. The molecule has 1 heterocycles. The predicted molar refractivity (Wildman–Crippen MR) is 254 cm³/mol. The van der Waals surface area contributed by atoms with E-state index in [1.54, 1.807) is 0 Å². The first kappa shape index (κ1) is 35.0. The molecule has 0 radical (unpaired) electrons. The fourth-order valence-electron chi connectivity index (χ4n) is 10.1. The van der Waals surface area contributed by atoms with E-state index < -0.39 is 5.41 Å². The number of fused-ring (bicyclic) bond motifs is 7. The minimum atomic E-state index is -0.524. The molecule has 284 valence electrons. The molecule has 2 nitrogen and oxygen atoms in total. The van der Waals surface area contributed by atoms with Gasteiger partial charge < -0.3 is 0 Å². The number of hydrogen-bond acceptors (Lipinski definition) is 2. The average molecular weight is 775 g/mol. The fraction of sp³-hybridized carbons (Fsp3) is 0.0169. The number of hydrogen-bond donors (Lipinski definition) is 0. The fourth-order valence-corrected chi connectivity index (χ4v) is 10.1. The smallest absolute Gasteiger partial charge is 0.160 e. The van der Waals surface area contributed by atoms with Crippen molar-refractivity contribution in [2.45, 2.75) is 5.41 Å². The molecule has 1 aromatic heterocycles. The third kappa shape index (κ3) is 5.50. The van der Waals surface area contributed by atoms with Crippen molar-refractivity contribution < 1.29 is 0 Å². The van der Waals surface area contributed by atoms with Gasteiger partial charge in [-0.2, -0.15) is 0 Å².